The lowest BCUT2D eigenvalue weighted by Gasteiger charge is -2.29. The lowest BCUT2D eigenvalue weighted by Crippen LogP contribution is -2.42. The molecular weight excluding hydrogens is 498 g/mol. The summed E-state index contributed by atoms with van der Waals surface area (Å²) < 4.78 is 21.1. The van der Waals surface area contributed by atoms with Gasteiger partial charge >= 0.3 is 17.9 Å². The van der Waals surface area contributed by atoms with Crippen LogP contribution in [0, 0.1) is 5.92 Å². The van der Waals surface area contributed by atoms with E-state index >= 15 is 0 Å². The monoisotopic (exact) mass is 531 g/mol. The van der Waals surface area contributed by atoms with Gasteiger partial charge < -0.3 is 18.9 Å². The van der Waals surface area contributed by atoms with Gasteiger partial charge in [0.25, 0.3) is 0 Å². The number of esters is 3. The van der Waals surface area contributed by atoms with Crippen LogP contribution >= 0.6 is 0 Å². The standard InChI is InChI=1S/C31H33NO7/c1-5-38-29(33)26(30(34)39-6-2)25(21-17-19-24(36-3)20-18-21)28(31(35)37-4)32-27(22-13-9-7-10-14-22)23-15-11-8-12-16-23/h7-20,25-26,28H,5-6H2,1-4H3/t25-,28-/m0/s1. The SMILES string of the molecule is CCOC(=O)C(C(=O)OCC)[C@H](c1ccc(OC)cc1)[C@H](N=C(c1ccccc1)c1ccccc1)C(=O)OC. The van der Waals surface area contributed by atoms with Gasteiger partial charge in [0.05, 0.1) is 33.1 Å². The van der Waals surface area contributed by atoms with Crippen LogP contribution in [-0.4, -0.2) is 57.1 Å². The van der Waals surface area contributed by atoms with E-state index in [1.807, 2.05) is 60.7 Å². The van der Waals surface area contributed by atoms with Crippen LogP contribution in [-0.2, 0) is 28.6 Å². The second kappa shape index (κ2) is 14.5. The van der Waals surface area contributed by atoms with Crippen LogP contribution in [0.4, 0.5) is 0 Å². The zero-order valence-corrected chi connectivity index (χ0v) is 22.5. The molecule has 0 radical (unpaired) electrons. The molecule has 0 aliphatic heterocycles. The van der Waals surface area contributed by atoms with Crippen molar-refractivity contribution in [2.75, 3.05) is 27.4 Å². The Morgan fingerprint density at radius 3 is 1.59 bits per heavy atom. The minimum atomic E-state index is -1.49. The molecule has 39 heavy (non-hydrogen) atoms. The van der Waals surface area contributed by atoms with E-state index in [1.165, 1.54) is 14.2 Å². The summed E-state index contributed by atoms with van der Waals surface area (Å²) in [6.07, 6.45) is 0. The summed E-state index contributed by atoms with van der Waals surface area (Å²) in [6.45, 7) is 3.35. The molecule has 0 saturated heterocycles. The molecule has 3 aromatic rings. The van der Waals surface area contributed by atoms with Crippen molar-refractivity contribution in [3.8, 4) is 5.75 Å². The Kier molecular flexibility index (Phi) is 10.8. The van der Waals surface area contributed by atoms with Gasteiger partial charge in [-0.1, -0.05) is 72.8 Å². The molecule has 0 saturated carbocycles. The second-order valence-corrected chi connectivity index (χ2v) is 8.46. The van der Waals surface area contributed by atoms with Crippen molar-refractivity contribution < 1.29 is 33.3 Å². The normalized spacial score (nSPS) is 12.1. The fourth-order valence-electron chi connectivity index (χ4n) is 4.28. The molecule has 0 amide bonds. The van der Waals surface area contributed by atoms with Crippen molar-refractivity contribution in [2.45, 2.75) is 25.8 Å². The molecule has 8 heteroatoms. The van der Waals surface area contributed by atoms with E-state index in [0.29, 0.717) is 17.0 Å². The highest BCUT2D eigenvalue weighted by Crippen LogP contribution is 2.35. The number of aliphatic imine (C=N–C) groups is 1. The van der Waals surface area contributed by atoms with Crippen LogP contribution in [0.25, 0.3) is 0 Å². The largest absolute Gasteiger partial charge is 0.497 e. The van der Waals surface area contributed by atoms with E-state index in [9.17, 15) is 14.4 Å². The van der Waals surface area contributed by atoms with Crippen LogP contribution in [0.2, 0.25) is 0 Å². The Hall–Kier alpha value is -4.46. The minimum absolute atomic E-state index is 0.0372. The Bertz CT molecular complexity index is 1200. The Balaban J connectivity index is 2.32. The fourth-order valence-corrected chi connectivity index (χ4v) is 4.28. The summed E-state index contributed by atoms with van der Waals surface area (Å²) in [7, 11) is 2.77. The first-order chi connectivity index (χ1) is 18.9. The molecule has 0 heterocycles. The first-order valence-electron chi connectivity index (χ1n) is 12.7. The predicted molar refractivity (Wildman–Crippen MR) is 147 cm³/mol. The van der Waals surface area contributed by atoms with Gasteiger partial charge in [-0.15, -0.1) is 0 Å². The molecule has 0 spiro atoms. The highest BCUT2D eigenvalue weighted by atomic mass is 16.6. The summed E-state index contributed by atoms with van der Waals surface area (Å²) in [5, 5.41) is 0. The zero-order valence-electron chi connectivity index (χ0n) is 22.5. The minimum Gasteiger partial charge on any atom is -0.497 e. The number of methoxy groups -OCH3 is 2. The first kappa shape index (κ1) is 29.1. The van der Waals surface area contributed by atoms with E-state index in [-0.39, 0.29) is 13.2 Å². The van der Waals surface area contributed by atoms with Crippen LogP contribution in [0.1, 0.15) is 36.5 Å². The number of carbonyl (C=O) groups excluding carboxylic acids is 3. The average Bonchev–Trinajstić information content (AvgIpc) is 2.97. The first-order valence-corrected chi connectivity index (χ1v) is 12.7. The van der Waals surface area contributed by atoms with E-state index in [0.717, 1.165) is 11.1 Å². The van der Waals surface area contributed by atoms with Crippen molar-refractivity contribution in [3.63, 3.8) is 0 Å². The van der Waals surface area contributed by atoms with Crippen molar-refractivity contribution in [1.82, 2.24) is 0 Å². The maximum absolute atomic E-state index is 13.5. The number of ether oxygens (including phenoxy) is 4. The lowest BCUT2D eigenvalue weighted by atomic mass is 9.80. The molecule has 8 nitrogen and oxygen atoms in total. The Morgan fingerprint density at radius 1 is 0.692 bits per heavy atom. The molecule has 0 unspecified atom stereocenters. The third-order valence-corrected chi connectivity index (χ3v) is 6.09. The molecule has 0 aliphatic carbocycles. The van der Waals surface area contributed by atoms with E-state index in [2.05, 4.69) is 0 Å². The van der Waals surface area contributed by atoms with Gasteiger partial charge in [0.2, 0.25) is 0 Å². The molecule has 0 bridgehead atoms. The molecular formula is C31H33NO7. The Labute approximate surface area is 228 Å². The summed E-state index contributed by atoms with van der Waals surface area (Å²) >= 11 is 0. The fraction of sp³-hybridized carbons (Fsp3) is 0.290. The van der Waals surface area contributed by atoms with Crippen molar-refractivity contribution in [3.05, 3.63) is 102 Å². The van der Waals surface area contributed by atoms with Crippen LogP contribution in [0.15, 0.2) is 89.9 Å². The molecule has 2 atom stereocenters. The van der Waals surface area contributed by atoms with Crippen molar-refractivity contribution >= 4 is 23.6 Å². The average molecular weight is 532 g/mol. The maximum Gasteiger partial charge on any atom is 0.331 e. The van der Waals surface area contributed by atoms with Crippen LogP contribution < -0.4 is 4.74 Å². The molecule has 3 aromatic carbocycles. The van der Waals surface area contributed by atoms with Gasteiger partial charge in [-0.3, -0.25) is 14.6 Å². The summed E-state index contributed by atoms with van der Waals surface area (Å²) in [6, 6.07) is 24.1. The van der Waals surface area contributed by atoms with Crippen molar-refractivity contribution in [2.24, 2.45) is 10.9 Å². The third-order valence-electron chi connectivity index (χ3n) is 6.09. The van der Waals surface area contributed by atoms with Gasteiger partial charge in [-0.25, -0.2) is 4.79 Å². The second-order valence-electron chi connectivity index (χ2n) is 8.46. The van der Waals surface area contributed by atoms with Gasteiger partial charge in [0.15, 0.2) is 12.0 Å². The molecule has 0 aromatic heterocycles. The Morgan fingerprint density at radius 2 is 1.18 bits per heavy atom. The van der Waals surface area contributed by atoms with E-state index in [1.54, 1.807) is 38.1 Å². The predicted octanol–water partition coefficient (Wildman–Crippen LogP) is 4.60. The summed E-state index contributed by atoms with van der Waals surface area (Å²) in [5.41, 5.74) is 2.47. The third kappa shape index (κ3) is 7.31. The number of hydrogen-bond donors (Lipinski definition) is 0. The summed E-state index contributed by atoms with van der Waals surface area (Å²) in [5.74, 6) is -4.39. The number of hydrogen-bond acceptors (Lipinski definition) is 8. The smallest absolute Gasteiger partial charge is 0.331 e. The molecule has 0 N–H and O–H groups in total. The molecule has 3 rings (SSSR count). The van der Waals surface area contributed by atoms with Gasteiger partial charge in [0.1, 0.15) is 5.75 Å². The zero-order chi connectivity index (χ0) is 28.2. The van der Waals surface area contributed by atoms with Crippen LogP contribution in [0.5, 0.6) is 5.75 Å². The van der Waals surface area contributed by atoms with Crippen molar-refractivity contribution in [1.29, 1.82) is 0 Å². The van der Waals surface area contributed by atoms with E-state index in [4.69, 9.17) is 23.9 Å². The number of carbonyl (C=O) groups is 3. The number of rotatable bonds is 12. The lowest BCUT2D eigenvalue weighted by molar-refractivity contribution is -0.163. The van der Waals surface area contributed by atoms with Gasteiger partial charge in [0, 0.05) is 17.0 Å². The quantitative estimate of drug-likeness (QED) is 0.146. The number of benzene rings is 3. The molecule has 0 fully saturated rings. The highest BCUT2D eigenvalue weighted by Gasteiger charge is 2.46. The number of nitrogens with zero attached hydrogens (tertiary/aromatic N) is 1. The summed E-state index contributed by atoms with van der Waals surface area (Å²) in [4.78, 5) is 44.9. The van der Waals surface area contributed by atoms with E-state index < -0.39 is 35.8 Å². The molecule has 204 valence electrons. The maximum atomic E-state index is 13.5. The van der Waals surface area contributed by atoms with Gasteiger partial charge in [-0.2, -0.15) is 0 Å². The topological polar surface area (TPSA) is 100 Å². The molecule has 0 aliphatic rings. The highest BCUT2D eigenvalue weighted by molar-refractivity contribution is 6.13. The van der Waals surface area contributed by atoms with Gasteiger partial charge in [-0.05, 0) is 31.5 Å². The van der Waals surface area contributed by atoms with Crippen LogP contribution in [0.3, 0.4) is 0 Å².